The van der Waals surface area contributed by atoms with Gasteiger partial charge in [0, 0.05) is 5.69 Å². The zero-order valence-electron chi connectivity index (χ0n) is 13.8. The average Bonchev–Trinajstić information content (AvgIpc) is 2.55. The van der Waals surface area contributed by atoms with Crippen molar-refractivity contribution in [3.63, 3.8) is 0 Å². The lowest BCUT2D eigenvalue weighted by molar-refractivity contribution is -0.123. The summed E-state index contributed by atoms with van der Waals surface area (Å²) >= 11 is 5.87. The van der Waals surface area contributed by atoms with Crippen molar-refractivity contribution in [1.82, 2.24) is 5.32 Å². The largest absolute Gasteiger partial charge is 0.452 e. The molecule has 0 saturated heterocycles. The minimum absolute atomic E-state index is 0.150. The molecule has 0 radical (unpaired) electrons. The number of ether oxygens (including phenoxy) is 1. The molecule has 2 rings (SSSR count). The van der Waals surface area contributed by atoms with Gasteiger partial charge in [0.2, 0.25) is 0 Å². The first-order valence-corrected chi connectivity index (χ1v) is 7.84. The molecule has 0 aliphatic heterocycles. The Bertz CT molecular complexity index is 820. The highest BCUT2D eigenvalue weighted by molar-refractivity contribution is 6.33. The van der Waals surface area contributed by atoms with E-state index in [4.69, 9.17) is 16.3 Å². The lowest BCUT2D eigenvalue weighted by Gasteiger charge is -2.10. The first kappa shape index (κ1) is 18.5. The second-order valence-electron chi connectivity index (χ2n) is 5.38. The quantitative estimate of drug-likeness (QED) is 0.818. The monoisotopic (exact) mass is 360 g/mol. The van der Waals surface area contributed by atoms with Crippen LogP contribution < -0.4 is 10.6 Å². The van der Waals surface area contributed by atoms with Crippen molar-refractivity contribution in [2.45, 2.75) is 13.8 Å². The van der Waals surface area contributed by atoms with Crippen LogP contribution in [0.5, 0.6) is 0 Å². The third-order valence-electron chi connectivity index (χ3n) is 3.31. The fourth-order valence-electron chi connectivity index (χ4n) is 2.11. The van der Waals surface area contributed by atoms with E-state index in [1.165, 1.54) is 12.1 Å². The molecule has 2 aromatic rings. The van der Waals surface area contributed by atoms with Gasteiger partial charge < -0.3 is 10.1 Å². The molecule has 0 spiro atoms. The van der Waals surface area contributed by atoms with E-state index in [-0.39, 0.29) is 10.6 Å². The second kappa shape index (κ2) is 8.30. The van der Waals surface area contributed by atoms with Gasteiger partial charge in [0.25, 0.3) is 5.91 Å². The van der Waals surface area contributed by atoms with Gasteiger partial charge in [-0.2, -0.15) is 0 Å². The summed E-state index contributed by atoms with van der Waals surface area (Å²) in [4.78, 5) is 35.4. The standard InChI is InChI=1S/C18H17ClN2O4/c1-11-7-8-15(12(2)9-11)20-18(24)21-16(22)10-25-17(23)13-5-3-4-6-14(13)19/h3-9H,10H2,1-2H3,(H2,20,21,22,24). The zero-order valence-corrected chi connectivity index (χ0v) is 14.5. The fraction of sp³-hybridized carbons (Fsp3) is 0.167. The minimum Gasteiger partial charge on any atom is -0.452 e. The van der Waals surface area contributed by atoms with E-state index in [9.17, 15) is 14.4 Å². The molecule has 6 nitrogen and oxygen atoms in total. The van der Waals surface area contributed by atoms with Gasteiger partial charge in [-0.3, -0.25) is 10.1 Å². The summed E-state index contributed by atoms with van der Waals surface area (Å²) in [6.45, 7) is 3.19. The molecular weight excluding hydrogens is 344 g/mol. The number of hydrogen-bond donors (Lipinski definition) is 2. The Balaban J connectivity index is 1.84. The van der Waals surface area contributed by atoms with Gasteiger partial charge in [0.15, 0.2) is 6.61 Å². The Labute approximate surface area is 150 Å². The zero-order chi connectivity index (χ0) is 18.4. The summed E-state index contributed by atoms with van der Waals surface area (Å²) < 4.78 is 4.85. The van der Waals surface area contributed by atoms with Crippen molar-refractivity contribution in [3.8, 4) is 0 Å². The number of amides is 3. The van der Waals surface area contributed by atoms with Crippen LogP contribution in [0.1, 0.15) is 21.5 Å². The summed E-state index contributed by atoms with van der Waals surface area (Å²) in [7, 11) is 0. The van der Waals surface area contributed by atoms with Gasteiger partial charge in [-0.15, -0.1) is 0 Å². The molecule has 0 atom stereocenters. The van der Waals surface area contributed by atoms with Crippen molar-refractivity contribution in [3.05, 3.63) is 64.2 Å². The van der Waals surface area contributed by atoms with Crippen molar-refractivity contribution in [2.24, 2.45) is 0 Å². The van der Waals surface area contributed by atoms with Gasteiger partial charge in [0.05, 0.1) is 10.6 Å². The number of carbonyl (C=O) groups excluding carboxylic acids is 3. The molecule has 0 aromatic heterocycles. The lowest BCUT2D eigenvalue weighted by atomic mass is 10.1. The molecule has 0 aliphatic rings. The van der Waals surface area contributed by atoms with Crippen molar-refractivity contribution < 1.29 is 19.1 Å². The van der Waals surface area contributed by atoms with Crippen molar-refractivity contribution >= 4 is 35.2 Å². The Kier molecular flexibility index (Phi) is 6.14. The smallest absolute Gasteiger partial charge is 0.340 e. The maximum atomic E-state index is 11.8. The second-order valence-corrected chi connectivity index (χ2v) is 5.78. The first-order chi connectivity index (χ1) is 11.9. The molecular formula is C18H17ClN2O4. The predicted molar refractivity (Wildman–Crippen MR) is 94.8 cm³/mol. The molecule has 0 saturated carbocycles. The summed E-state index contributed by atoms with van der Waals surface area (Å²) in [5.74, 6) is -1.49. The third-order valence-corrected chi connectivity index (χ3v) is 3.64. The average molecular weight is 361 g/mol. The fourth-order valence-corrected chi connectivity index (χ4v) is 2.32. The number of aryl methyl sites for hydroxylation is 2. The van der Waals surface area contributed by atoms with Gasteiger partial charge in [-0.05, 0) is 37.6 Å². The SMILES string of the molecule is Cc1ccc(NC(=O)NC(=O)COC(=O)c2ccccc2Cl)c(C)c1. The minimum atomic E-state index is -0.748. The van der Waals surface area contributed by atoms with Crippen LogP contribution >= 0.6 is 11.6 Å². The van der Waals surface area contributed by atoms with Gasteiger partial charge in [-0.25, -0.2) is 9.59 Å². The highest BCUT2D eigenvalue weighted by Crippen LogP contribution is 2.16. The van der Waals surface area contributed by atoms with Crippen LogP contribution in [-0.2, 0) is 9.53 Å². The topological polar surface area (TPSA) is 84.5 Å². The number of anilines is 1. The molecule has 130 valence electrons. The number of halogens is 1. The van der Waals surface area contributed by atoms with Gasteiger partial charge >= 0.3 is 12.0 Å². The van der Waals surface area contributed by atoms with Crippen LogP contribution in [0.2, 0.25) is 5.02 Å². The van der Waals surface area contributed by atoms with Crippen LogP contribution in [0.4, 0.5) is 10.5 Å². The summed E-state index contributed by atoms with van der Waals surface area (Å²) in [5, 5.41) is 4.88. The summed E-state index contributed by atoms with van der Waals surface area (Å²) in [6.07, 6.45) is 0. The number of carbonyl (C=O) groups is 3. The molecule has 2 aromatic carbocycles. The highest BCUT2D eigenvalue weighted by atomic mass is 35.5. The van der Waals surface area contributed by atoms with E-state index >= 15 is 0 Å². The third kappa shape index (κ3) is 5.32. The number of esters is 1. The van der Waals surface area contributed by atoms with E-state index in [1.54, 1.807) is 18.2 Å². The molecule has 0 bridgehead atoms. The number of urea groups is 1. The summed E-state index contributed by atoms with van der Waals surface area (Å²) in [6, 6.07) is 11.1. The highest BCUT2D eigenvalue weighted by Gasteiger charge is 2.15. The van der Waals surface area contributed by atoms with Crippen molar-refractivity contribution in [2.75, 3.05) is 11.9 Å². The number of imide groups is 1. The normalized spacial score (nSPS) is 10.0. The van der Waals surface area contributed by atoms with E-state index < -0.39 is 24.5 Å². The van der Waals surface area contributed by atoms with E-state index in [1.807, 2.05) is 26.0 Å². The number of nitrogens with one attached hydrogen (secondary N) is 2. The predicted octanol–water partition coefficient (Wildman–Crippen LogP) is 3.46. The Hall–Kier alpha value is -2.86. The molecule has 25 heavy (non-hydrogen) atoms. The molecule has 3 amide bonds. The first-order valence-electron chi connectivity index (χ1n) is 7.46. The Morgan fingerprint density at radius 2 is 1.80 bits per heavy atom. The van der Waals surface area contributed by atoms with E-state index in [2.05, 4.69) is 10.6 Å². The molecule has 0 unspecified atom stereocenters. The van der Waals surface area contributed by atoms with Crippen LogP contribution in [0, 0.1) is 13.8 Å². The van der Waals surface area contributed by atoms with Gasteiger partial charge in [0.1, 0.15) is 0 Å². The lowest BCUT2D eigenvalue weighted by Crippen LogP contribution is -2.37. The van der Waals surface area contributed by atoms with E-state index in [0.29, 0.717) is 5.69 Å². The van der Waals surface area contributed by atoms with Crippen LogP contribution in [-0.4, -0.2) is 24.5 Å². The number of hydrogen-bond acceptors (Lipinski definition) is 4. The van der Waals surface area contributed by atoms with Crippen LogP contribution in [0.25, 0.3) is 0 Å². The van der Waals surface area contributed by atoms with Crippen molar-refractivity contribution in [1.29, 1.82) is 0 Å². The number of benzene rings is 2. The maximum Gasteiger partial charge on any atom is 0.340 e. The molecule has 0 heterocycles. The van der Waals surface area contributed by atoms with Crippen LogP contribution in [0.3, 0.4) is 0 Å². The number of rotatable bonds is 4. The van der Waals surface area contributed by atoms with Crippen LogP contribution in [0.15, 0.2) is 42.5 Å². The molecule has 0 fully saturated rings. The van der Waals surface area contributed by atoms with Gasteiger partial charge in [-0.1, -0.05) is 41.4 Å². The van der Waals surface area contributed by atoms with E-state index in [0.717, 1.165) is 11.1 Å². The Morgan fingerprint density at radius 3 is 2.48 bits per heavy atom. The Morgan fingerprint density at radius 1 is 1.08 bits per heavy atom. The molecule has 0 aliphatic carbocycles. The maximum absolute atomic E-state index is 11.8. The summed E-state index contributed by atoms with van der Waals surface area (Å²) in [5.41, 5.74) is 2.67. The molecule has 2 N–H and O–H groups in total. The molecule has 7 heteroatoms.